The normalized spacial score (nSPS) is 23.4. The van der Waals surface area contributed by atoms with Gasteiger partial charge in [0.15, 0.2) is 0 Å². The maximum absolute atomic E-state index is 15.0. The summed E-state index contributed by atoms with van der Waals surface area (Å²) < 4.78 is 40.1. The van der Waals surface area contributed by atoms with Crippen molar-refractivity contribution in [3.8, 4) is 11.5 Å². The first-order valence-corrected chi connectivity index (χ1v) is 11.6. The summed E-state index contributed by atoms with van der Waals surface area (Å²) in [4.78, 5) is 15.2. The van der Waals surface area contributed by atoms with E-state index in [1.807, 2.05) is 6.07 Å². The van der Waals surface area contributed by atoms with Crippen molar-refractivity contribution in [2.75, 3.05) is 13.7 Å². The molecule has 2 aliphatic carbocycles. The molecule has 1 N–H and O–H groups in total. The first-order chi connectivity index (χ1) is 15.8. The lowest BCUT2D eigenvalue weighted by Crippen LogP contribution is -2.38. The lowest BCUT2D eigenvalue weighted by atomic mass is 9.79. The van der Waals surface area contributed by atoms with E-state index in [1.165, 1.54) is 12.3 Å². The third-order valence-corrected chi connectivity index (χ3v) is 7.17. The van der Waals surface area contributed by atoms with Gasteiger partial charge in [-0.1, -0.05) is 12.1 Å². The topological polar surface area (TPSA) is 68.7 Å². The first kappa shape index (κ1) is 23.5. The molecule has 2 aromatic rings. The number of rotatable bonds is 9. The quantitative estimate of drug-likeness (QED) is 0.474. The van der Waals surface area contributed by atoms with Gasteiger partial charge in [0.2, 0.25) is 11.6 Å². The van der Waals surface area contributed by atoms with Crippen molar-refractivity contribution in [1.82, 2.24) is 4.98 Å². The molecular weight excluding hydrogens is 428 g/mol. The maximum Gasteiger partial charge on any atom is 0.341 e. The summed E-state index contributed by atoms with van der Waals surface area (Å²) >= 11 is 0. The number of pyridine rings is 1. The van der Waals surface area contributed by atoms with E-state index >= 15 is 4.39 Å². The molecule has 1 aromatic carbocycles. The van der Waals surface area contributed by atoms with Gasteiger partial charge in [0.05, 0.1) is 19.9 Å². The van der Waals surface area contributed by atoms with Crippen LogP contribution in [0.25, 0.3) is 0 Å². The van der Waals surface area contributed by atoms with E-state index in [2.05, 4.69) is 4.98 Å². The molecule has 1 aromatic heterocycles. The zero-order valence-electron chi connectivity index (χ0n) is 19.1. The summed E-state index contributed by atoms with van der Waals surface area (Å²) in [5.74, 6) is -0.678. The van der Waals surface area contributed by atoms with Crippen LogP contribution in [0.3, 0.4) is 0 Å². The van der Waals surface area contributed by atoms with Gasteiger partial charge in [-0.25, -0.2) is 14.2 Å². The highest BCUT2D eigenvalue weighted by Crippen LogP contribution is 2.50. The Labute approximate surface area is 193 Å². The summed E-state index contributed by atoms with van der Waals surface area (Å²) in [6.45, 7) is 1.70. The molecule has 7 heteroatoms. The van der Waals surface area contributed by atoms with Gasteiger partial charge in [-0.15, -0.1) is 0 Å². The van der Waals surface area contributed by atoms with Crippen LogP contribution in [0.15, 0.2) is 36.5 Å². The molecule has 0 amide bonds. The molecule has 2 unspecified atom stereocenters. The van der Waals surface area contributed by atoms with Crippen molar-refractivity contribution < 1.29 is 28.2 Å². The van der Waals surface area contributed by atoms with Crippen molar-refractivity contribution in [1.29, 1.82) is 0 Å². The van der Waals surface area contributed by atoms with Gasteiger partial charge in [-0.2, -0.15) is 4.39 Å². The van der Waals surface area contributed by atoms with E-state index in [4.69, 9.17) is 9.47 Å². The van der Waals surface area contributed by atoms with Gasteiger partial charge >= 0.3 is 5.97 Å². The minimum absolute atomic E-state index is 0.0524. The van der Waals surface area contributed by atoms with Gasteiger partial charge in [0.1, 0.15) is 11.5 Å². The molecule has 0 radical (unpaired) electrons. The Bertz CT molecular complexity index is 984. The molecule has 178 valence electrons. The average Bonchev–Trinajstić information content (AvgIpc) is 3.63. The van der Waals surface area contributed by atoms with E-state index in [1.54, 1.807) is 25.3 Å². The summed E-state index contributed by atoms with van der Waals surface area (Å²) in [6.07, 6.45) is 6.85. The zero-order valence-corrected chi connectivity index (χ0v) is 19.1. The van der Waals surface area contributed by atoms with Crippen LogP contribution in [-0.2, 0) is 4.79 Å². The molecule has 0 bridgehead atoms. The number of alkyl halides is 1. The van der Waals surface area contributed by atoms with Gasteiger partial charge < -0.3 is 14.6 Å². The molecule has 2 fully saturated rings. The van der Waals surface area contributed by atoms with Crippen molar-refractivity contribution in [3.63, 3.8) is 0 Å². The second kappa shape index (κ2) is 9.65. The largest absolute Gasteiger partial charge is 0.495 e. The molecular formula is C26H31F2NO4. The SMILES string of the molecule is COc1cnc(F)cc1C1CCC(COc2cccc(C(C3CC3)C(C)(F)C(=O)O)c2)CC1. The van der Waals surface area contributed by atoms with E-state index in [0.717, 1.165) is 51.0 Å². The molecule has 4 rings (SSSR count). The standard InChI is InChI=1S/C26H31F2NO4/c1-26(28,25(30)31)24(18-10-11-18)19-4-3-5-20(12-19)33-15-16-6-8-17(9-7-16)21-13-23(27)29-14-22(21)32-2/h3-5,12-14,16-18,24H,6-11,15H2,1-2H3,(H,30,31). The number of benzene rings is 1. The predicted molar refractivity (Wildman–Crippen MR) is 120 cm³/mol. The number of hydrogen-bond donors (Lipinski definition) is 1. The van der Waals surface area contributed by atoms with Crippen LogP contribution < -0.4 is 9.47 Å². The summed E-state index contributed by atoms with van der Waals surface area (Å²) in [5, 5.41) is 9.41. The third kappa shape index (κ3) is 5.28. The monoisotopic (exact) mass is 459 g/mol. The average molecular weight is 460 g/mol. The Morgan fingerprint density at radius 3 is 2.58 bits per heavy atom. The second-order valence-corrected chi connectivity index (χ2v) is 9.55. The Hall–Kier alpha value is -2.70. The third-order valence-electron chi connectivity index (χ3n) is 7.17. The predicted octanol–water partition coefficient (Wildman–Crippen LogP) is 5.89. The van der Waals surface area contributed by atoms with Crippen LogP contribution in [0.5, 0.6) is 11.5 Å². The molecule has 0 saturated heterocycles. The maximum atomic E-state index is 15.0. The van der Waals surface area contributed by atoms with Crippen LogP contribution in [0.1, 0.15) is 68.4 Å². The van der Waals surface area contributed by atoms with Crippen LogP contribution in [0, 0.1) is 17.8 Å². The minimum Gasteiger partial charge on any atom is -0.495 e. The van der Waals surface area contributed by atoms with Crippen LogP contribution in [-0.4, -0.2) is 35.4 Å². The fraction of sp³-hybridized carbons (Fsp3) is 0.538. The van der Waals surface area contributed by atoms with Crippen LogP contribution >= 0.6 is 0 Å². The number of halogens is 2. The molecule has 0 aliphatic heterocycles. The van der Waals surface area contributed by atoms with Crippen molar-refractivity contribution in [2.24, 2.45) is 11.8 Å². The fourth-order valence-electron chi connectivity index (χ4n) is 5.16. The Morgan fingerprint density at radius 1 is 1.21 bits per heavy atom. The number of methoxy groups -OCH3 is 1. The number of carbonyl (C=O) groups is 1. The van der Waals surface area contributed by atoms with E-state index in [0.29, 0.717) is 29.6 Å². The van der Waals surface area contributed by atoms with Crippen molar-refractivity contribution in [2.45, 2.75) is 63.0 Å². The molecule has 2 aliphatic rings. The highest BCUT2D eigenvalue weighted by molar-refractivity contribution is 5.78. The van der Waals surface area contributed by atoms with Crippen LogP contribution in [0.2, 0.25) is 0 Å². The fourth-order valence-corrected chi connectivity index (χ4v) is 5.16. The number of ether oxygens (including phenoxy) is 2. The Kier molecular flexibility index (Phi) is 6.86. The van der Waals surface area contributed by atoms with Gasteiger partial charge in [0.25, 0.3) is 0 Å². The lowest BCUT2D eigenvalue weighted by Gasteiger charge is -2.30. The highest BCUT2D eigenvalue weighted by Gasteiger charge is 2.50. The molecule has 0 spiro atoms. The van der Waals surface area contributed by atoms with Gasteiger partial charge in [-0.3, -0.25) is 0 Å². The van der Waals surface area contributed by atoms with Crippen molar-refractivity contribution in [3.05, 3.63) is 53.6 Å². The number of aromatic nitrogens is 1. The van der Waals surface area contributed by atoms with E-state index in [-0.39, 0.29) is 11.8 Å². The number of nitrogens with zero attached hydrogens (tertiary/aromatic N) is 1. The number of aliphatic carboxylic acids is 1. The van der Waals surface area contributed by atoms with Gasteiger partial charge in [0, 0.05) is 17.5 Å². The summed E-state index contributed by atoms with van der Waals surface area (Å²) in [6, 6.07) is 8.69. The molecule has 5 nitrogen and oxygen atoms in total. The Morgan fingerprint density at radius 2 is 1.94 bits per heavy atom. The summed E-state index contributed by atoms with van der Waals surface area (Å²) in [7, 11) is 1.57. The lowest BCUT2D eigenvalue weighted by molar-refractivity contribution is -0.151. The number of carboxylic acid groups (broad SMARTS) is 1. The number of hydrogen-bond acceptors (Lipinski definition) is 4. The number of carboxylic acids is 1. The van der Waals surface area contributed by atoms with E-state index < -0.39 is 23.5 Å². The first-order valence-electron chi connectivity index (χ1n) is 11.6. The Balaban J connectivity index is 1.36. The molecule has 2 atom stereocenters. The van der Waals surface area contributed by atoms with Crippen molar-refractivity contribution >= 4 is 5.97 Å². The molecule has 1 heterocycles. The molecule has 2 saturated carbocycles. The van der Waals surface area contributed by atoms with Gasteiger partial charge in [-0.05, 0) is 80.9 Å². The highest BCUT2D eigenvalue weighted by atomic mass is 19.1. The minimum atomic E-state index is -2.31. The summed E-state index contributed by atoms with van der Waals surface area (Å²) in [5.41, 5.74) is -0.764. The van der Waals surface area contributed by atoms with Crippen LogP contribution in [0.4, 0.5) is 8.78 Å². The zero-order chi connectivity index (χ0) is 23.6. The second-order valence-electron chi connectivity index (χ2n) is 9.55. The molecule has 33 heavy (non-hydrogen) atoms. The smallest absolute Gasteiger partial charge is 0.341 e. The van der Waals surface area contributed by atoms with E-state index in [9.17, 15) is 14.3 Å².